The van der Waals surface area contributed by atoms with E-state index in [1.54, 1.807) is 48.5 Å². The molecule has 0 aliphatic heterocycles. The monoisotopic (exact) mass is 445 g/mol. The molecule has 0 fully saturated rings. The van der Waals surface area contributed by atoms with Crippen LogP contribution in [-0.4, -0.2) is 16.1 Å². The first-order valence-corrected chi connectivity index (χ1v) is 10.0. The number of rotatable bonds is 6. The Morgan fingerprint density at radius 2 is 1.66 bits per heavy atom. The van der Waals surface area contributed by atoms with Crippen molar-refractivity contribution in [2.45, 2.75) is 6.61 Å². The lowest BCUT2D eigenvalue weighted by atomic mass is 10.2. The van der Waals surface area contributed by atoms with Gasteiger partial charge in [0.25, 0.3) is 5.91 Å². The van der Waals surface area contributed by atoms with Crippen LogP contribution in [0.3, 0.4) is 0 Å². The number of carbonyl (C=O) groups excluding carboxylic acids is 1. The normalized spacial score (nSPS) is 10.7. The molecule has 0 saturated carbocycles. The minimum atomic E-state index is -0.411. The molecule has 0 unspecified atom stereocenters. The average Bonchev–Trinajstić information content (AvgIpc) is 3.38. The number of nitrogens with one attached hydrogen (secondary N) is 1. The lowest BCUT2D eigenvalue weighted by molar-refractivity contribution is 0.0997. The van der Waals surface area contributed by atoms with Gasteiger partial charge in [0.1, 0.15) is 18.1 Å². The SMILES string of the molecule is O=C(Nc1nnc(COc2ccc(Cl)cc2)s1)c1ccc(-c2ccc(Cl)cc2)o1. The van der Waals surface area contributed by atoms with Gasteiger partial charge < -0.3 is 9.15 Å². The van der Waals surface area contributed by atoms with Crippen LogP contribution in [-0.2, 0) is 6.61 Å². The van der Waals surface area contributed by atoms with Crippen LogP contribution < -0.4 is 10.1 Å². The third-order valence-electron chi connectivity index (χ3n) is 3.82. The Morgan fingerprint density at radius 3 is 2.38 bits per heavy atom. The highest BCUT2D eigenvalue weighted by molar-refractivity contribution is 7.15. The Kier molecular flexibility index (Phi) is 5.80. The molecule has 4 aromatic rings. The zero-order chi connectivity index (χ0) is 20.2. The molecule has 0 spiro atoms. The molecule has 0 aliphatic rings. The maximum atomic E-state index is 12.4. The zero-order valence-corrected chi connectivity index (χ0v) is 17.1. The van der Waals surface area contributed by atoms with Gasteiger partial charge in [0.05, 0.1) is 0 Å². The predicted octanol–water partition coefficient (Wildman–Crippen LogP) is 5.94. The van der Waals surface area contributed by atoms with Crippen molar-refractivity contribution >= 4 is 45.6 Å². The number of ether oxygens (including phenoxy) is 1. The van der Waals surface area contributed by atoms with E-state index < -0.39 is 5.91 Å². The fourth-order valence-electron chi connectivity index (χ4n) is 2.43. The molecule has 1 amide bonds. The summed E-state index contributed by atoms with van der Waals surface area (Å²) < 4.78 is 11.3. The van der Waals surface area contributed by atoms with Crippen LogP contribution in [0.5, 0.6) is 5.75 Å². The lowest BCUT2D eigenvalue weighted by Gasteiger charge is -2.02. The van der Waals surface area contributed by atoms with Crippen molar-refractivity contribution in [2.75, 3.05) is 5.32 Å². The second-order valence-corrected chi connectivity index (χ2v) is 7.80. The van der Waals surface area contributed by atoms with E-state index in [4.69, 9.17) is 32.4 Å². The minimum Gasteiger partial charge on any atom is -0.486 e. The number of nitrogens with zero attached hydrogens (tertiary/aromatic N) is 2. The van der Waals surface area contributed by atoms with E-state index in [1.165, 1.54) is 11.3 Å². The molecule has 0 saturated heterocycles. The minimum absolute atomic E-state index is 0.170. The summed E-state index contributed by atoms with van der Waals surface area (Å²) in [5.74, 6) is 0.997. The standard InChI is InChI=1S/C20H13Cl2N3O3S/c21-13-3-1-12(2-4-13)16-9-10-17(28-16)19(26)23-20-25-24-18(29-20)11-27-15-7-5-14(22)6-8-15/h1-10H,11H2,(H,23,25,26). The molecule has 4 rings (SSSR count). The molecule has 2 aromatic heterocycles. The highest BCUT2D eigenvalue weighted by Gasteiger charge is 2.15. The Morgan fingerprint density at radius 1 is 0.966 bits per heavy atom. The molecule has 6 nitrogen and oxygen atoms in total. The maximum absolute atomic E-state index is 12.4. The van der Waals surface area contributed by atoms with E-state index in [2.05, 4.69) is 15.5 Å². The first-order valence-electron chi connectivity index (χ1n) is 8.45. The number of benzene rings is 2. The van der Waals surface area contributed by atoms with Gasteiger partial charge >= 0.3 is 0 Å². The summed E-state index contributed by atoms with van der Waals surface area (Å²) in [7, 11) is 0. The van der Waals surface area contributed by atoms with Crippen molar-refractivity contribution in [3.05, 3.63) is 81.5 Å². The van der Waals surface area contributed by atoms with E-state index in [9.17, 15) is 4.79 Å². The lowest BCUT2D eigenvalue weighted by Crippen LogP contribution is -2.10. The summed E-state index contributed by atoms with van der Waals surface area (Å²) in [4.78, 5) is 12.4. The largest absolute Gasteiger partial charge is 0.486 e. The van der Waals surface area contributed by atoms with Gasteiger partial charge in [-0.05, 0) is 60.7 Å². The van der Waals surface area contributed by atoms with Crippen molar-refractivity contribution in [3.8, 4) is 17.1 Å². The number of furan rings is 1. The maximum Gasteiger partial charge on any atom is 0.293 e. The zero-order valence-electron chi connectivity index (χ0n) is 14.8. The molecule has 29 heavy (non-hydrogen) atoms. The summed E-state index contributed by atoms with van der Waals surface area (Å²) in [6.07, 6.45) is 0. The van der Waals surface area contributed by atoms with Crippen LogP contribution in [0.1, 0.15) is 15.6 Å². The first-order chi connectivity index (χ1) is 14.1. The Labute approximate surface area is 180 Å². The number of anilines is 1. The topological polar surface area (TPSA) is 77.2 Å². The highest BCUT2D eigenvalue weighted by Crippen LogP contribution is 2.25. The van der Waals surface area contributed by atoms with Crippen LogP contribution in [0.15, 0.2) is 65.1 Å². The Balaban J connectivity index is 1.36. The number of carbonyl (C=O) groups is 1. The second-order valence-electron chi connectivity index (χ2n) is 5.87. The summed E-state index contributed by atoms with van der Waals surface area (Å²) in [5.41, 5.74) is 0.825. The molecular formula is C20H13Cl2N3O3S. The Bertz CT molecular complexity index is 1120. The van der Waals surface area contributed by atoms with Crippen LogP contribution in [0.2, 0.25) is 10.0 Å². The van der Waals surface area contributed by atoms with Gasteiger partial charge in [-0.15, -0.1) is 10.2 Å². The molecular weight excluding hydrogens is 433 g/mol. The van der Waals surface area contributed by atoms with Crippen molar-refractivity contribution < 1.29 is 13.9 Å². The van der Waals surface area contributed by atoms with Crippen molar-refractivity contribution in [3.63, 3.8) is 0 Å². The number of hydrogen-bond acceptors (Lipinski definition) is 6. The third kappa shape index (κ3) is 4.95. The molecule has 0 aliphatic carbocycles. The van der Waals surface area contributed by atoms with Gasteiger partial charge in [-0.2, -0.15) is 0 Å². The van der Waals surface area contributed by atoms with Gasteiger partial charge in [-0.3, -0.25) is 10.1 Å². The molecule has 0 atom stereocenters. The third-order valence-corrected chi connectivity index (χ3v) is 5.14. The van der Waals surface area contributed by atoms with Gasteiger partial charge in [0, 0.05) is 15.6 Å². The summed E-state index contributed by atoms with van der Waals surface area (Å²) in [6.45, 7) is 0.233. The number of hydrogen-bond donors (Lipinski definition) is 1. The van der Waals surface area contributed by atoms with E-state index in [0.717, 1.165) is 5.56 Å². The van der Waals surface area contributed by atoms with Gasteiger partial charge in [0.2, 0.25) is 5.13 Å². The van der Waals surface area contributed by atoms with E-state index >= 15 is 0 Å². The first kappa shape index (κ1) is 19.4. The van der Waals surface area contributed by atoms with E-state index in [0.29, 0.717) is 31.7 Å². The summed E-state index contributed by atoms with van der Waals surface area (Å²) in [5, 5.41) is 12.9. The fourth-order valence-corrected chi connectivity index (χ4v) is 3.33. The molecule has 2 heterocycles. The number of amides is 1. The molecule has 146 valence electrons. The van der Waals surface area contributed by atoms with Gasteiger partial charge in [-0.1, -0.05) is 34.5 Å². The summed E-state index contributed by atoms with van der Waals surface area (Å²) in [6, 6.07) is 17.5. The van der Waals surface area contributed by atoms with Gasteiger partial charge in [-0.25, -0.2) is 0 Å². The number of aromatic nitrogens is 2. The quantitative estimate of drug-likeness (QED) is 0.397. The van der Waals surface area contributed by atoms with Crippen molar-refractivity contribution in [1.29, 1.82) is 0 Å². The average molecular weight is 446 g/mol. The number of halogens is 2. The molecule has 9 heteroatoms. The van der Waals surface area contributed by atoms with Crippen molar-refractivity contribution in [1.82, 2.24) is 10.2 Å². The molecule has 0 bridgehead atoms. The van der Waals surface area contributed by atoms with Crippen LogP contribution in [0, 0.1) is 0 Å². The van der Waals surface area contributed by atoms with Crippen LogP contribution in [0.25, 0.3) is 11.3 Å². The molecule has 1 N–H and O–H groups in total. The smallest absolute Gasteiger partial charge is 0.293 e. The predicted molar refractivity (Wildman–Crippen MR) is 113 cm³/mol. The Hall–Kier alpha value is -2.87. The van der Waals surface area contributed by atoms with Crippen LogP contribution in [0.4, 0.5) is 5.13 Å². The molecule has 2 aromatic carbocycles. The highest BCUT2D eigenvalue weighted by atomic mass is 35.5. The van der Waals surface area contributed by atoms with E-state index in [-0.39, 0.29) is 12.4 Å². The van der Waals surface area contributed by atoms with Crippen molar-refractivity contribution in [2.24, 2.45) is 0 Å². The van der Waals surface area contributed by atoms with Crippen LogP contribution >= 0.6 is 34.5 Å². The fraction of sp³-hybridized carbons (Fsp3) is 0.0500. The molecule has 0 radical (unpaired) electrons. The van der Waals surface area contributed by atoms with Gasteiger partial charge in [0.15, 0.2) is 10.8 Å². The summed E-state index contributed by atoms with van der Waals surface area (Å²) >= 11 is 13.0. The van der Waals surface area contributed by atoms with E-state index in [1.807, 2.05) is 12.1 Å². The second kappa shape index (κ2) is 8.65.